The Hall–Kier alpha value is -2.74. The van der Waals surface area contributed by atoms with Gasteiger partial charge in [0, 0.05) is 25.2 Å². The third-order valence-corrected chi connectivity index (χ3v) is 8.30. The van der Waals surface area contributed by atoms with Crippen molar-refractivity contribution in [3.63, 3.8) is 0 Å². The maximum absolute atomic E-state index is 12.9. The van der Waals surface area contributed by atoms with Crippen molar-refractivity contribution < 1.29 is 14.6 Å². The predicted molar refractivity (Wildman–Crippen MR) is 130 cm³/mol. The number of aliphatic hydroxyl groups is 1. The molecule has 0 spiro atoms. The van der Waals surface area contributed by atoms with E-state index >= 15 is 0 Å². The van der Waals surface area contributed by atoms with Crippen LogP contribution in [0, 0.1) is 0 Å². The standard InChI is InChI=1S/C25H33N3O3Si/c1-18(32(2,3)4)31-25(30)24-8-6-5-7-23(24)20-11-9-19(10-12-20)14-27-22(16-29)13-21-15-26-17-28-21/h5-12,15,17-18,22,27,29H,13-14,16H2,1-4H3,(H,26,28). The molecular weight excluding hydrogens is 418 g/mol. The van der Waals surface area contributed by atoms with Crippen LogP contribution in [0.15, 0.2) is 61.1 Å². The SMILES string of the molecule is CC(OC(=O)c1ccccc1-c1ccc(CNC(CO)Cc2c[nH]cn2)cc1)[Si](C)(C)C. The minimum Gasteiger partial charge on any atom is -0.463 e. The first-order valence-corrected chi connectivity index (χ1v) is 14.6. The number of H-pyrrole nitrogens is 1. The predicted octanol–water partition coefficient (Wildman–Crippen LogP) is 4.19. The molecule has 0 saturated heterocycles. The summed E-state index contributed by atoms with van der Waals surface area (Å²) in [6, 6.07) is 15.6. The Kier molecular flexibility index (Phi) is 8.01. The lowest BCUT2D eigenvalue weighted by Gasteiger charge is -2.25. The number of aromatic amines is 1. The molecule has 2 unspecified atom stereocenters. The van der Waals surface area contributed by atoms with Crippen molar-refractivity contribution in [1.29, 1.82) is 0 Å². The molecule has 0 fully saturated rings. The number of ether oxygens (including phenoxy) is 1. The summed E-state index contributed by atoms with van der Waals surface area (Å²) in [6.07, 6.45) is 4.14. The average molecular weight is 452 g/mol. The van der Waals surface area contributed by atoms with E-state index in [2.05, 4.69) is 34.9 Å². The zero-order valence-corrected chi connectivity index (χ0v) is 20.3. The normalized spacial score (nSPS) is 13.5. The van der Waals surface area contributed by atoms with Crippen LogP contribution in [0.3, 0.4) is 0 Å². The van der Waals surface area contributed by atoms with Crippen LogP contribution in [0.2, 0.25) is 19.6 Å². The van der Waals surface area contributed by atoms with Crippen LogP contribution in [0.4, 0.5) is 0 Å². The van der Waals surface area contributed by atoms with Crippen molar-refractivity contribution in [2.24, 2.45) is 0 Å². The lowest BCUT2D eigenvalue weighted by molar-refractivity contribution is 0.0456. The highest BCUT2D eigenvalue weighted by Gasteiger charge is 2.27. The lowest BCUT2D eigenvalue weighted by Crippen LogP contribution is -2.39. The van der Waals surface area contributed by atoms with Crippen LogP contribution >= 0.6 is 0 Å². The molecule has 2 aromatic carbocycles. The second-order valence-electron chi connectivity index (χ2n) is 9.18. The summed E-state index contributed by atoms with van der Waals surface area (Å²) in [6.45, 7) is 9.24. The first-order valence-electron chi connectivity index (χ1n) is 11.0. The first-order chi connectivity index (χ1) is 15.3. The van der Waals surface area contributed by atoms with E-state index in [4.69, 9.17) is 4.74 Å². The number of carbonyl (C=O) groups is 1. The molecule has 0 amide bonds. The minimum absolute atomic E-state index is 0.0380. The summed E-state index contributed by atoms with van der Waals surface area (Å²) in [5.41, 5.74) is 4.38. The largest absolute Gasteiger partial charge is 0.463 e. The van der Waals surface area contributed by atoms with E-state index in [1.165, 1.54) is 0 Å². The average Bonchev–Trinajstić information content (AvgIpc) is 3.29. The van der Waals surface area contributed by atoms with Gasteiger partial charge in [-0.25, -0.2) is 9.78 Å². The molecule has 0 aliphatic heterocycles. The number of hydrogen-bond donors (Lipinski definition) is 3. The quantitative estimate of drug-likeness (QED) is 0.318. The summed E-state index contributed by atoms with van der Waals surface area (Å²) in [5, 5.41) is 13.0. The lowest BCUT2D eigenvalue weighted by atomic mass is 9.98. The molecule has 3 rings (SSSR count). The number of nitrogens with zero attached hydrogens (tertiary/aromatic N) is 1. The van der Waals surface area contributed by atoms with E-state index in [9.17, 15) is 9.90 Å². The van der Waals surface area contributed by atoms with E-state index in [1.807, 2.05) is 61.7 Å². The Morgan fingerprint density at radius 2 is 1.88 bits per heavy atom. The van der Waals surface area contributed by atoms with Gasteiger partial charge in [0.2, 0.25) is 0 Å². The van der Waals surface area contributed by atoms with Crippen LogP contribution in [0.25, 0.3) is 11.1 Å². The molecule has 0 aliphatic carbocycles. The fourth-order valence-corrected chi connectivity index (χ4v) is 3.69. The molecule has 1 aromatic heterocycles. The highest BCUT2D eigenvalue weighted by molar-refractivity contribution is 6.77. The molecule has 0 bridgehead atoms. The first kappa shape index (κ1) is 23.9. The summed E-state index contributed by atoms with van der Waals surface area (Å²) >= 11 is 0. The monoisotopic (exact) mass is 451 g/mol. The van der Waals surface area contributed by atoms with Gasteiger partial charge < -0.3 is 20.1 Å². The van der Waals surface area contributed by atoms with E-state index in [1.54, 1.807) is 6.33 Å². The van der Waals surface area contributed by atoms with Gasteiger partial charge in [-0.1, -0.05) is 62.1 Å². The number of benzene rings is 2. The number of esters is 1. The van der Waals surface area contributed by atoms with Crippen molar-refractivity contribution in [3.8, 4) is 11.1 Å². The van der Waals surface area contributed by atoms with Crippen LogP contribution < -0.4 is 5.32 Å². The van der Waals surface area contributed by atoms with Crippen molar-refractivity contribution >= 4 is 14.0 Å². The third kappa shape index (κ3) is 6.38. The van der Waals surface area contributed by atoms with Crippen LogP contribution in [-0.4, -0.2) is 47.5 Å². The van der Waals surface area contributed by atoms with Gasteiger partial charge in [0.1, 0.15) is 0 Å². The van der Waals surface area contributed by atoms with Crippen LogP contribution in [-0.2, 0) is 17.7 Å². The molecule has 0 aliphatic rings. The number of carbonyl (C=O) groups excluding carboxylic acids is 1. The molecule has 0 radical (unpaired) electrons. The number of nitrogens with one attached hydrogen (secondary N) is 2. The van der Waals surface area contributed by atoms with Gasteiger partial charge in [0.05, 0.1) is 38.0 Å². The molecular formula is C25H33N3O3Si. The molecule has 0 saturated carbocycles. The van der Waals surface area contributed by atoms with E-state index in [0.29, 0.717) is 18.5 Å². The number of aliphatic hydroxyl groups excluding tert-OH is 1. The van der Waals surface area contributed by atoms with Crippen molar-refractivity contribution in [2.75, 3.05) is 6.61 Å². The van der Waals surface area contributed by atoms with Gasteiger partial charge >= 0.3 is 5.97 Å². The maximum Gasteiger partial charge on any atom is 0.338 e. The molecule has 32 heavy (non-hydrogen) atoms. The minimum atomic E-state index is -1.58. The molecule has 170 valence electrons. The Bertz CT molecular complexity index is 998. The van der Waals surface area contributed by atoms with E-state index in [-0.39, 0.29) is 24.3 Å². The van der Waals surface area contributed by atoms with Crippen molar-refractivity contribution in [1.82, 2.24) is 15.3 Å². The van der Waals surface area contributed by atoms with Crippen molar-refractivity contribution in [2.45, 2.75) is 51.3 Å². The fourth-order valence-electron chi connectivity index (χ4n) is 3.23. The Balaban J connectivity index is 1.67. The van der Waals surface area contributed by atoms with Gasteiger partial charge in [0.15, 0.2) is 0 Å². The zero-order chi connectivity index (χ0) is 23.1. The van der Waals surface area contributed by atoms with Gasteiger partial charge in [-0.15, -0.1) is 0 Å². The third-order valence-electron chi connectivity index (χ3n) is 5.74. The Morgan fingerprint density at radius 3 is 2.50 bits per heavy atom. The Labute approximate surface area is 191 Å². The van der Waals surface area contributed by atoms with Gasteiger partial charge in [-0.2, -0.15) is 0 Å². The molecule has 3 aromatic rings. The van der Waals surface area contributed by atoms with Crippen molar-refractivity contribution in [3.05, 3.63) is 77.9 Å². The second-order valence-corrected chi connectivity index (χ2v) is 14.7. The highest BCUT2D eigenvalue weighted by atomic mass is 28.3. The van der Waals surface area contributed by atoms with Gasteiger partial charge in [0.25, 0.3) is 0 Å². The smallest absolute Gasteiger partial charge is 0.338 e. The summed E-state index contributed by atoms with van der Waals surface area (Å²) in [5.74, 6) is -0.273. The molecule has 7 heteroatoms. The summed E-state index contributed by atoms with van der Waals surface area (Å²) < 4.78 is 5.79. The summed E-state index contributed by atoms with van der Waals surface area (Å²) in [4.78, 5) is 20.0. The van der Waals surface area contributed by atoms with Gasteiger partial charge in [-0.3, -0.25) is 0 Å². The van der Waals surface area contributed by atoms with Crippen LogP contribution in [0.5, 0.6) is 0 Å². The number of rotatable bonds is 10. The number of hydrogen-bond acceptors (Lipinski definition) is 5. The maximum atomic E-state index is 12.9. The molecule has 3 N–H and O–H groups in total. The second kappa shape index (κ2) is 10.7. The van der Waals surface area contributed by atoms with Crippen LogP contribution in [0.1, 0.15) is 28.5 Å². The molecule has 6 nitrogen and oxygen atoms in total. The number of imidazole rings is 1. The topological polar surface area (TPSA) is 87.2 Å². The Morgan fingerprint density at radius 1 is 1.16 bits per heavy atom. The van der Waals surface area contributed by atoms with E-state index in [0.717, 1.165) is 22.4 Å². The highest BCUT2D eigenvalue weighted by Crippen LogP contribution is 2.26. The molecule has 2 atom stereocenters. The van der Waals surface area contributed by atoms with E-state index < -0.39 is 8.07 Å². The summed E-state index contributed by atoms with van der Waals surface area (Å²) in [7, 11) is -1.58. The zero-order valence-electron chi connectivity index (χ0n) is 19.3. The molecule has 1 heterocycles. The number of aromatic nitrogens is 2. The fraction of sp³-hybridized carbons (Fsp3) is 0.360. The van der Waals surface area contributed by atoms with Gasteiger partial charge in [-0.05, 0) is 29.7 Å².